The van der Waals surface area contributed by atoms with Gasteiger partial charge in [0, 0.05) is 36.8 Å². The maximum atomic E-state index is 13.1. The summed E-state index contributed by atoms with van der Waals surface area (Å²) >= 11 is 0. The Balaban J connectivity index is 1.83. The molecule has 0 amide bonds. The number of carbonyl (C=O) groups is 1. The van der Waals surface area contributed by atoms with E-state index >= 15 is 0 Å². The maximum Gasteiger partial charge on any atom is 0.243 e. The number of nitrogens with zero attached hydrogens (tertiary/aromatic N) is 2. The number of ketones is 1. The summed E-state index contributed by atoms with van der Waals surface area (Å²) in [6, 6.07) is 7.72. The van der Waals surface area contributed by atoms with E-state index in [1.54, 1.807) is 22.5 Å². The van der Waals surface area contributed by atoms with Crippen LogP contribution in [0.4, 0.5) is 0 Å². The van der Waals surface area contributed by atoms with Crippen LogP contribution >= 0.6 is 0 Å². The fourth-order valence-electron chi connectivity index (χ4n) is 4.34. The SMILES string of the molecule is CC(=O)c1cccc(S(=O)(=O)N2CCCC(N3C(C)CCC3C)C2)c1. The topological polar surface area (TPSA) is 57.7 Å². The minimum absolute atomic E-state index is 0.117. The van der Waals surface area contributed by atoms with Crippen molar-refractivity contribution in [3.05, 3.63) is 29.8 Å². The maximum absolute atomic E-state index is 13.1. The summed E-state index contributed by atoms with van der Waals surface area (Å²) < 4.78 is 27.8. The molecule has 3 atom stereocenters. The highest BCUT2D eigenvalue weighted by molar-refractivity contribution is 7.89. The minimum atomic E-state index is -3.56. The number of hydrogen-bond donors (Lipinski definition) is 0. The Morgan fingerprint density at radius 3 is 2.44 bits per heavy atom. The lowest BCUT2D eigenvalue weighted by molar-refractivity contribution is 0.0979. The first-order chi connectivity index (χ1) is 11.8. The molecule has 2 aliphatic heterocycles. The lowest BCUT2D eigenvalue weighted by Crippen LogP contribution is -2.52. The van der Waals surface area contributed by atoms with E-state index in [2.05, 4.69) is 18.7 Å². The van der Waals surface area contributed by atoms with Gasteiger partial charge >= 0.3 is 0 Å². The van der Waals surface area contributed by atoms with Crippen LogP contribution in [0.15, 0.2) is 29.2 Å². The molecule has 0 bridgehead atoms. The molecule has 5 nitrogen and oxygen atoms in total. The summed E-state index contributed by atoms with van der Waals surface area (Å²) in [5.74, 6) is -0.117. The fourth-order valence-corrected chi connectivity index (χ4v) is 5.90. The number of piperidine rings is 1. The summed E-state index contributed by atoms with van der Waals surface area (Å²) in [6.07, 6.45) is 4.30. The lowest BCUT2D eigenvalue weighted by Gasteiger charge is -2.41. The van der Waals surface area contributed by atoms with Crippen LogP contribution in [-0.2, 0) is 10.0 Å². The number of carbonyl (C=O) groups excluding carboxylic acids is 1. The molecule has 3 rings (SSSR count). The van der Waals surface area contributed by atoms with Gasteiger partial charge in [0.15, 0.2) is 5.78 Å². The van der Waals surface area contributed by atoms with Gasteiger partial charge in [-0.2, -0.15) is 4.31 Å². The summed E-state index contributed by atoms with van der Waals surface area (Å²) in [5, 5.41) is 0. The minimum Gasteiger partial charge on any atom is -0.295 e. The van der Waals surface area contributed by atoms with Gasteiger partial charge in [0.2, 0.25) is 10.0 Å². The van der Waals surface area contributed by atoms with Crippen LogP contribution in [0, 0.1) is 0 Å². The van der Waals surface area contributed by atoms with Crippen LogP contribution < -0.4 is 0 Å². The third-order valence-corrected chi connectivity index (χ3v) is 7.54. The number of rotatable bonds is 4. The first kappa shape index (κ1) is 18.5. The Bertz CT molecular complexity index is 737. The van der Waals surface area contributed by atoms with Crippen molar-refractivity contribution in [2.75, 3.05) is 13.1 Å². The Hall–Kier alpha value is -1.24. The van der Waals surface area contributed by atoms with Gasteiger partial charge < -0.3 is 0 Å². The largest absolute Gasteiger partial charge is 0.295 e. The predicted molar refractivity (Wildman–Crippen MR) is 98.2 cm³/mol. The molecule has 138 valence electrons. The lowest BCUT2D eigenvalue weighted by atomic mass is 10.0. The number of likely N-dealkylation sites (tertiary alicyclic amines) is 1. The first-order valence-electron chi connectivity index (χ1n) is 9.19. The number of hydrogen-bond acceptors (Lipinski definition) is 4. The predicted octanol–water partition coefficient (Wildman–Crippen LogP) is 2.92. The van der Waals surface area contributed by atoms with E-state index in [4.69, 9.17) is 0 Å². The molecule has 0 radical (unpaired) electrons. The average molecular weight is 365 g/mol. The molecule has 2 heterocycles. The van der Waals surface area contributed by atoms with E-state index in [-0.39, 0.29) is 16.7 Å². The molecule has 0 aromatic heterocycles. The van der Waals surface area contributed by atoms with Gasteiger partial charge in [-0.25, -0.2) is 8.42 Å². The van der Waals surface area contributed by atoms with Crippen molar-refractivity contribution in [2.24, 2.45) is 0 Å². The second kappa shape index (κ2) is 7.17. The zero-order valence-corrected chi connectivity index (χ0v) is 16.1. The Morgan fingerprint density at radius 1 is 1.12 bits per heavy atom. The van der Waals surface area contributed by atoms with Gasteiger partial charge in [0.05, 0.1) is 4.90 Å². The van der Waals surface area contributed by atoms with Crippen LogP contribution in [0.3, 0.4) is 0 Å². The third-order valence-electron chi connectivity index (χ3n) is 5.68. The van der Waals surface area contributed by atoms with E-state index in [0.717, 1.165) is 12.8 Å². The van der Waals surface area contributed by atoms with Gasteiger partial charge in [-0.15, -0.1) is 0 Å². The van der Waals surface area contributed by atoms with Crippen LogP contribution in [0.1, 0.15) is 56.8 Å². The second-order valence-corrected chi connectivity index (χ2v) is 9.40. The zero-order valence-electron chi connectivity index (χ0n) is 15.3. The van der Waals surface area contributed by atoms with Crippen molar-refractivity contribution in [1.82, 2.24) is 9.21 Å². The molecule has 0 spiro atoms. The molecule has 0 N–H and O–H groups in total. The molecule has 1 aromatic carbocycles. The molecular weight excluding hydrogens is 336 g/mol. The van der Waals surface area contributed by atoms with E-state index in [1.165, 1.54) is 25.8 Å². The Morgan fingerprint density at radius 2 is 1.80 bits per heavy atom. The molecule has 2 aliphatic rings. The highest BCUT2D eigenvalue weighted by atomic mass is 32.2. The van der Waals surface area contributed by atoms with Crippen molar-refractivity contribution in [1.29, 1.82) is 0 Å². The summed E-state index contributed by atoms with van der Waals surface area (Å²) in [5.41, 5.74) is 0.441. The molecule has 0 saturated carbocycles. The summed E-state index contributed by atoms with van der Waals surface area (Å²) in [4.78, 5) is 14.3. The van der Waals surface area contributed by atoms with E-state index in [0.29, 0.717) is 30.7 Å². The molecule has 1 aromatic rings. The Kier molecular flexibility index (Phi) is 5.32. The molecule has 2 fully saturated rings. The molecule has 25 heavy (non-hydrogen) atoms. The molecule has 3 unspecified atom stereocenters. The summed E-state index contributed by atoms with van der Waals surface area (Å²) in [6.45, 7) is 7.04. The van der Waals surface area contributed by atoms with Crippen molar-refractivity contribution in [3.8, 4) is 0 Å². The van der Waals surface area contributed by atoms with Crippen LogP contribution in [0.5, 0.6) is 0 Å². The smallest absolute Gasteiger partial charge is 0.243 e. The molecular formula is C19H28N2O3S. The number of Topliss-reactive ketones (excluding diaryl/α,β-unsaturated/α-hetero) is 1. The number of benzene rings is 1. The van der Waals surface area contributed by atoms with E-state index in [9.17, 15) is 13.2 Å². The summed E-state index contributed by atoms with van der Waals surface area (Å²) in [7, 11) is -3.56. The van der Waals surface area contributed by atoms with Crippen LogP contribution in [0.25, 0.3) is 0 Å². The quantitative estimate of drug-likeness (QED) is 0.771. The fraction of sp³-hybridized carbons (Fsp3) is 0.632. The van der Waals surface area contributed by atoms with Gasteiger partial charge in [0.25, 0.3) is 0 Å². The highest BCUT2D eigenvalue weighted by Gasteiger charge is 2.38. The first-order valence-corrected chi connectivity index (χ1v) is 10.6. The van der Waals surface area contributed by atoms with Gasteiger partial charge in [0.1, 0.15) is 0 Å². The van der Waals surface area contributed by atoms with Crippen LogP contribution in [0.2, 0.25) is 0 Å². The van der Waals surface area contributed by atoms with Crippen molar-refractivity contribution < 1.29 is 13.2 Å². The van der Waals surface area contributed by atoms with Crippen molar-refractivity contribution in [2.45, 2.75) is 69.5 Å². The average Bonchev–Trinajstić information content (AvgIpc) is 2.93. The van der Waals surface area contributed by atoms with Gasteiger partial charge in [-0.3, -0.25) is 9.69 Å². The second-order valence-electron chi connectivity index (χ2n) is 7.47. The van der Waals surface area contributed by atoms with E-state index in [1.807, 2.05) is 0 Å². The molecule has 6 heteroatoms. The monoisotopic (exact) mass is 364 g/mol. The van der Waals surface area contributed by atoms with Crippen LogP contribution in [-0.4, -0.2) is 54.6 Å². The normalized spacial score (nSPS) is 29.0. The van der Waals surface area contributed by atoms with Crippen molar-refractivity contribution in [3.63, 3.8) is 0 Å². The molecule has 2 saturated heterocycles. The Labute approximate surface area is 151 Å². The van der Waals surface area contributed by atoms with Gasteiger partial charge in [-0.05, 0) is 58.6 Å². The molecule has 0 aliphatic carbocycles. The van der Waals surface area contributed by atoms with E-state index < -0.39 is 10.0 Å². The van der Waals surface area contributed by atoms with Crippen molar-refractivity contribution >= 4 is 15.8 Å². The zero-order chi connectivity index (χ0) is 18.2. The van der Waals surface area contributed by atoms with Gasteiger partial charge in [-0.1, -0.05) is 12.1 Å². The third kappa shape index (κ3) is 3.66. The standard InChI is InChI=1S/C19H28N2O3S/c1-14-9-10-15(2)21(14)18-7-5-11-20(13-18)25(23,24)19-8-4-6-17(12-19)16(3)22/h4,6,8,12,14-15,18H,5,7,9-11,13H2,1-3H3. The highest BCUT2D eigenvalue weighted by Crippen LogP contribution is 2.31. The number of sulfonamides is 1.